The second-order valence-electron chi connectivity index (χ2n) is 6.51. The van der Waals surface area contributed by atoms with E-state index in [1.807, 2.05) is 6.92 Å². The van der Waals surface area contributed by atoms with E-state index in [2.05, 4.69) is 41.4 Å². The molecule has 22 heavy (non-hydrogen) atoms. The van der Waals surface area contributed by atoms with Gasteiger partial charge in [-0.3, -0.25) is 4.90 Å². The number of hydrogen-bond donors (Lipinski definition) is 1. The second kappa shape index (κ2) is 7.47. The maximum Gasteiger partial charge on any atom is 0.401 e. The third-order valence-electron chi connectivity index (χ3n) is 4.23. The van der Waals surface area contributed by atoms with Crippen LogP contribution in [0.25, 0.3) is 0 Å². The molecular weight excluding hydrogens is 289 g/mol. The summed E-state index contributed by atoms with van der Waals surface area (Å²) in [6.07, 6.45) is -2.24. The van der Waals surface area contributed by atoms with E-state index in [9.17, 15) is 13.2 Å². The van der Waals surface area contributed by atoms with Crippen LogP contribution in [0.2, 0.25) is 0 Å². The molecule has 2 rings (SSSR count). The molecule has 1 saturated heterocycles. The fourth-order valence-corrected chi connectivity index (χ4v) is 3.07. The molecule has 0 aromatic heterocycles. The van der Waals surface area contributed by atoms with E-state index in [1.165, 1.54) is 11.1 Å². The van der Waals surface area contributed by atoms with Crippen LogP contribution in [0.15, 0.2) is 24.3 Å². The third kappa shape index (κ3) is 5.97. The monoisotopic (exact) mass is 314 g/mol. The topological polar surface area (TPSA) is 15.3 Å². The molecule has 0 saturated carbocycles. The van der Waals surface area contributed by atoms with Gasteiger partial charge in [0.2, 0.25) is 0 Å². The van der Waals surface area contributed by atoms with Crippen LogP contribution in [-0.2, 0) is 6.54 Å². The lowest BCUT2D eigenvalue weighted by molar-refractivity contribution is -0.126. The minimum Gasteiger partial charge on any atom is -0.306 e. The molecule has 0 aliphatic carbocycles. The summed E-state index contributed by atoms with van der Waals surface area (Å²) < 4.78 is 36.6. The van der Waals surface area contributed by atoms with Gasteiger partial charge in [-0.1, -0.05) is 29.8 Å². The number of alkyl halides is 3. The molecule has 0 bridgehead atoms. The van der Waals surface area contributed by atoms with E-state index in [0.717, 1.165) is 32.5 Å². The predicted octanol–water partition coefficient (Wildman–Crippen LogP) is 3.75. The van der Waals surface area contributed by atoms with Crippen molar-refractivity contribution in [1.82, 2.24) is 10.2 Å². The first-order valence-electron chi connectivity index (χ1n) is 7.90. The Morgan fingerprint density at radius 3 is 2.59 bits per heavy atom. The smallest absolute Gasteiger partial charge is 0.306 e. The van der Waals surface area contributed by atoms with Gasteiger partial charge in [-0.15, -0.1) is 0 Å². The molecule has 1 aliphatic heterocycles. The molecule has 1 heterocycles. The zero-order valence-electron chi connectivity index (χ0n) is 13.3. The van der Waals surface area contributed by atoms with Gasteiger partial charge in [-0.05, 0) is 44.7 Å². The van der Waals surface area contributed by atoms with Crippen LogP contribution in [0.1, 0.15) is 30.9 Å². The summed E-state index contributed by atoms with van der Waals surface area (Å²) in [6.45, 7) is 5.96. The minimum absolute atomic E-state index is 0.0917. The summed E-state index contributed by atoms with van der Waals surface area (Å²) in [7, 11) is 0. The molecule has 1 aliphatic rings. The number of nitrogens with zero attached hydrogens (tertiary/aromatic N) is 1. The Morgan fingerprint density at radius 2 is 1.95 bits per heavy atom. The number of likely N-dealkylation sites (tertiary alicyclic amines) is 1. The van der Waals surface area contributed by atoms with Gasteiger partial charge in [-0.25, -0.2) is 0 Å². The van der Waals surface area contributed by atoms with E-state index in [0.29, 0.717) is 5.92 Å². The summed E-state index contributed by atoms with van der Waals surface area (Å²) in [5.74, 6) is 0.487. The molecule has 1 aromatic carbocycles. The Morgan fingerprint density at radius 1 is 1.27 bits per heavy atom. The van der Waals surface area contributed by atoms with Crippen molar-refractivity contribution in [2.75, 3.05) is 19.6 Å². The Balaban J connectivity index is 1.72. The molecule has 0 spiro atoms. The average molecular weight is 314 g/mol. The van der Waals surface area contributed by atoms with Crippen molar-refractivity contribution in [3.63, 3.8) is 0 Å². The molecule has 2 atom stereocenters. The first-order valence-corrected chi connectivity index (χ1v) is 7.90. The van der Waals surface area contributed by atoms with E-state index < -0.39 is 12.7 Å². The van der Waals surface area contributed by atoms with Crippen LogP contribution >= 0.6 is 0 Å². The van der Waals surface area contributed by atoms with Crippen molar-refractivity contribution in [2.45, 2.75) is 45.5 Å². The SMILES string of the molecule is Cc1ccc(CN2CCC(CC(C)NCC(F)(F)F)C2)cc1. The fraction of sp³-hybridized carbons (Fsp3) is 0.647. The van der Waals surface area contributed by atoms with Crippen molar-refractivity contribution >= 4 is 0 Å². The number of rotatable bonds is 6. The minimum atomic E-state index is -4.12. The van der Waals surface area contributed by atoms with Crippen LogP contribution in [-0.4, -0.2) is 36.8 Å². The quantitative estimate of drug-likeness (QED) is 0.860. The molecule has 124 valence electrons. The molecule has 1 aromatic rings. The molecule has 0 radical (unpaired) electrons. The van der Waals surface area contributed by atoms with Gasteiger partial charge in [0, 0.05) is 19.1 Å². The van der Waals surface area contributed by atoms with Gasteiger partial charge >= 0.3 is 6.18 Å². The van der Waals surface area contributed by atoms with Gasteiger partial charge in [-0.2, -0.15) is 13.2 Å². The van der Waals surface area contributed by atoms with Crippen LogP contribution in [0.4, 0.5) is 13.2 Å². The molecule has 2 unspecified atom stereocenters. The number of halogens is 3. The van der Waals surface area contributed by atoms with Crippen LogP contribution < -0.4 is 5.32 Å². The number of aryl methyl sites for hydroxylation is 1. The largest absolute Gasteiger partial charge is 0.401 e. The highest BCUT2D eigenvalue weighted by atomic mass is 19.4. The summed E-state index contributed by atoms with van der Waals surface area (Å²) in [4.78, 5) is 2.39. The van der Waals surface area contributed by atoms with Crippen LogP contribution in [0.3, 0.4) is 0 Å². The normalized spacial score (nSPS) is 21.2. The Hall–Kier alpha value is -1.07. The summed E-state index contributed by atoms with van der Waals surface area (Å²) in [6, 6.07) is 8.44. The standard InChI is InChI=1S/C17H25F3N2/c1-13-3-5-15(6-4-13)10-22-8-7-16(11-22)9-14(2)21-12-17(18,19)20/h3-6,14,16,21H,7-12H2,1-2H3. The lowest BCUT2D eigenvalue weighted by Gasteiger charge is -2.20. The first-order chi connectivity index (χ1) is 10.3. The number of benzene rings is 1. The van der Waals surface area contributed by atoms with Gasteiger partial charge in [0.15, 0.2) is 0 Å². The molecule has 5 heteroatoms. The Bertz CT molecular complexity index is 456. The first kappa shape index (κ1) is 17.3. The summed E-state index contributed by atoms with van der Waals surface area (Å²) in [5.41, 5.74) is 2.56. The zero-order chi connectivity index (χ0) is 16.2. The molecular formula is C17H25F3N2. The van der Waals surface area contributed by atoms with Crippen molar-refractivity contribution < 1.29 is 13.2 Å². The Labute approximate surface area is 130 Å². The van der Waals surface area contributed by atoms with Gasteiger partial charge in [0.1, 0.15) is 0 Å². The molecule has 1 fully saturated rings. The van der Waals surface area contributed by atoms with Gasteiger partial charge in [0.05, 0.1) is 6.54 Å². The fourth-order valence-electron chi connectivity index (χ4n) is 3.07. The average Bonchev–Trinajstić information content (AvgIpc) is 2.86. The Kier molecular flexibility index (Phi) is 5.87. The van der Waals surface area contributed by atoms with E-state index in [4.69, 9.17) is 0 Å². The van der Waals surface area contributed by atoms with Crippen LogP contribution in [0.5, 0.6) is 0 Å². The second-order valence-corrected chi connectivity index (χ2v) is 6.51. The lowest BCUT2D eigenvalue weighted by atomic mass is 10.00. The van der Waals surface area contributed by atoms with Crippen molar-refractivity contribution in [3.05, 3.63) is 35.4 Å². The van der Waals surface area contributed by atoms with Gasteiger partial charge < -0.3 is 5.32 Å². The van der Waals surface area contributed by atoms with Crippen LogP contribution in [0, 0.1) is 12.8 Å². The number of nitrogens with one attached hydrogen (secondary N) is 1. The van der Waals surface area contributed by atoms with Gasteiger partial charge in [0.25, 0.3) is 0 Å². The van der Waals surface area contributed by atoms with E-state index >= 15 is 0 Å². The van der Waals surface area contributed by atoms with Crippen molar-refractivity contribution in [3.8, 4) is 0 Å². The predicted molar refractivity (Wildman–Crippen MR) is 82.7 cm³/mol. The van der Waals surface area contributed by atoms with Crippen molar-refractivity contribution in [1.29, 1.82) is 0 Å². The molecule has 2 nitrogen and oxygen atoms in total. The van der Waals surface area contributed by atoms with Crippen molar-refractivity contribution in [2.24, 2.45) is 5.92 Å². The summed E-state index contributed by atoms with van der Waals surface area (Å²) in [5, 5.41) is 2.58. The van der Waals surface area contributed by atoms with E-state index in [1.54, 1.807) is 0 Å². The maximum absolute atomic E-state index is 12.2. The number of hydrogen-bond acceptors (Lipinski definition) is 2. The van der Waals surface area contributed by atoms with E-state index in [-0.39, 0.29) is 6.04 Å². The highest BCUT2D eigenvalue weighted by Gasteiger charge is 2.29. The lowest BCUT2D eigenvalue weighted by Crippen LogP contribution is -2.36. The highest BCUT2D eigenvalue weighted by molar-refractivity contribution is 5.21. The highest BCUT2D eigenvalue weighted by Crippen LogP contribution is 2.23. The molecule has 1 N–H and O–H groups in total. The zero-order valence-corrected chi connectivity index (χ0v) is 13.3. The maximum atomic E-state index is 12.2. The summed E-state index contributed by atoms with van der Waals surface area (Å²) >= 11 is 0. The molecule has 0 amide bonds. The third-order valence-corrected chi connectivity index (χ3v) is 4.23.